The van der Waals surface area contributed by atoms with Crippen molar-refractivity contribution in [2.45, 2.75) is 20.4 Å². The number of carbonyl (C=O) groups excluding carboxylic acids is 2. The molecule has 0 fully saturated rings. The van der Waals surface area contributed by atoms with Crippen LogP contribution >= 0.6 is 11.6 Å². The molecule has 0 saturated carbocycles. The Bertz CT molecular complexity index is 851. The zero-order valence-electron chi connectivity index (χ0n) is 14.5. The highest BCUT2D eigenvalue weighted by Gasteiger charge is 2.36. The van der Waals surface area contributed by atoms with E-state index in [2.05, 4.69) is 10.6 Å². The fourth-order valence-corrected chi connectivity index (χ4v) is 2.61. The third-order valence-corrected chi connectivity index (χ3v) is 4.53. The molecular weight excluding hydrogens is 356 g/mol. The number of carbonyl (C=O) groups is 2. The molecule has 0 unspecified atom stereocenters. The van der Waals surface area contributed by atoms with E-state index < -0.39 is 17.2 Å². The molecule has 2 aromatic rings. The van der Waals surface area contributed by atoms with Crippen LogP contribution in [-0.2, 0) is 16.1 Å². The number of anilines is 1. The predicted octanol–water partition coefficient (Wildman–Crippen LogP) is 3.35. The number of halogens is 1. The first-order valence-electron chi connectivity index (χ1n) is 8.11. The lowest BCUT2D eigenvalue weighted by Gasteiger charge is -2.23. The van der Waals surface area contributed by atoms with E-state index in [9.17, 15) is 9.59 Å². The summed E-state index contributed by atoms with van der Waals surface area (Å²) < 4.78 is 10.5. The summed E-state index contributed by atoms with van der Waals surface area (Å²) in [6.07, 6.45) is 0. The molecule has 1 heterocycles. The molecule has 0 aromatic heterocycles. The van der Waals surface area contributed by atoms with Gasteiger partial charge in [0.25, 0.3) is 0 Å². The lowest BCUT2D eigenvalue weighted by molar-refractivity contribution is -0.138. The van der Waals surface area contributed by atoms with Crippen LogP contribution in [0.4, 0.5) is 5.69 Å². The fraction of sp³-hybridized carbons (Fsp3) is 0.263. The molecule has 7 heteroatoms. The van der Waals surface area contributed by atoms with Crippen LogP contribution in [0.2, 0.25) is 5.02 Å². The summed E-state index contributed by atoms with van der Waals surface area (Å²) in [7, 11) is 0. The van der Waals surface area contributed by atoms with Gasteiger partial charge in [-0.2, -0.15) is 0 Å². The van der Waals surface area contributed by atoms with Gasteiger partial charge in [-0.3, -0.25) is 9.59 Å². The number of benzene rings is 2. The van der Waals surface area contributed by atoms with E-state index in [1.165, 1.54) is 0 Å². The number of amides is 2. The third-order valence-electron chi connectivity index (χ3n) is 4.16. The van der Waals surface area contributed by atoms with E-state index in [0.717, 1.165) is 5.56 Å². The Morgan fingerprint density at radius 1 is 1.08 bits per heavy atom. The molecule has 26 heavy (non-hydrogen) atoms. The van der Waals surface area contributed by atoms with Gasteiger partial charge in [0.15, 0.2) is 11.5 Å². The maximum absolute atomic E-state index is 12.6. The van der Waals surface area contributed by atoms with E-state index in [4.69, 9.17) is 21.1 Å². The zero-order chi connectivity index (χ0) is 18.7. The first-order chi connectivity index (χ1) is 12.4. The summed E-state index contributed by atoms with van der Waals surface area (Å²) in [6.45, 7) is 3.54. The van der Waals surface area contributed by atoms with Gasteiger partial charge in [0.2, 0.25) is 18.6 Å². The lowest BCUT2D eigenvalue weighted by Crippen LogP contribution is -2.44. The van der Waals surface area contributed by atoms with Crippen molar-refractivity contribution < 1.29 is 19.1 Å². The maximum Gasteiger partial charge on any atom is 0.239 e. The number of nitrogens with one attached hydrogen (secondary N) is 2. The summed E-state index contributed by atoms with van der Waals surface area (Å²) in [4.78, 5) is 25.1. The van der Waals surface area contributed by atoms with Crippen LogP contribution in [0, 0.1) is 5.41 Å². The van der Waals surface area contributed by atoms with Crippen LogP contribution in [0.5, 0.6) is 11.5 Å². The molecule has 0 spiro atoms. The summed E-state index contributed by atoms with van der Waals surface area (Å²) in [5, 5.41) is 6.07. The zero-order valence-corrected chi connectivity index (χ0v) is 15.2. The Labute approximate surface area is 156 Å². The van der Waals surface area contributed by atoms with Crippen molar-refractivity contribution in [1.82, 2.24) is 5.32 Å². The molecule has 2 N–H and O–H groups in total. The van der Waals surface area contributed by atoms with Crippen LogP contribution in [0.1, 0.15) is 19.4 Å². The van der Waals surface area contributed by atoms with Gasteiger partial charge in [-0.25, -0.2) is 0 Å². The minimum absolute atomic E-state index is 0.155. The lowest BCUT2D eigenvalue weighted by atomic mass is 9.90. The summed E-state index contributed by atoms with van der Waals surface area (Å²) in [5.74, 6) is 0.368. The van der Waals surface area contributed by atoms with Gasteiger partial charge in [-0.05, 0) is 37.6 Å². The fourth-order valence-electron chi connectivity index (χ4n) is 2.40. The van der Waals surface area contributed by atoms with Crippen molar-refractivity contribution in [2.75, 3.05) is 12.1 Å². The molecule has 136 valence electrons. The average Bonchev–Trinajstić information content (AvgIpc) is 3.08. The smallest absolute Gasteiger partial charge is 0.239 e. The van der Waals surface area contributed by atoms with Crippen molar-refractivity contribution in [1.29, 1.82) is 0 Å². The van der Waals surface area contributed by atoms with Crippen molar-refractivity contribution >= 4 is 29.1 Å². The normalized spacial score (nSPS) is 12.6. The number of hydrogen-bond donors (Lipinski definition) is 2. The SMILES string of the molecule is CC(C)(C(=O)NCc1ccccc1Cl)C(=O)Nc1ccc2c(c1)OCO2. The van der Waals surface area contributed by atoms with Crippen LogP contribution in [-0.4, -0.2) is 18.6 Å². The number of ether oxygens (including phenoxy) is 2. The Hall–Kier alpha value is -2.73. The first-order valence-corrected chi connectivity index (χ1v) is 8.48. The van der Waals surface area contributed by atoms with E-state index >= 15 is 0 Å². The van der Waals surface area contributed by atoms with Crippen molar-refractivity contribution in [3.63, 3.8) is 0 Å². The van der Waals surface area contributed by atoms with Gasteiger partial charge in [-0.1, -0.05) is 29.8 Å². The van der Waals surface area contributed by atoms with E-state index in [-0.39, 0.29) is 13.3 Å². The second-order valence-corrected chi connectivity index (χ2v) is 6.83. The van der Waals surface area contributed by atoms with Crippen molar-refractivity contribution in [3.05, 3.63) is 53.1 Å². The van der Waals surface area contributed by atoms with E-state index in [1.54, 1.807) is 38.1 Å². The Morgan fingerprint density at radius 2 is 1.81 bits per heavy atom. The van der Waals surface area contributed by atoms with Crippen molar-refractivity contribution in [3.8, 4) is 11.5 Å². The van der Waals surface area contributed by atoms with Crippen LogP contribution < -0.4 is 20.1 Å². The summed E-state index contributed by atoms with van der Waals surface area (Å²) in [6, 6.07) is 12.3. The standard InChI is InChI=1S/C19H19ClN2O4/c1-19(2,17(23)21-10-12-5-3-4-6-14(12)20)18(24)22-13-7-8-15-16(9-13)26-11-25-15/h3-9H,10-11H2,1-2H3,(H,21,23)(H,22,24). The number of fused-ring (bicyclic) bond motifs is 1. The second kappa shape index (κ2) is 7.25. The minimum atomic E-state index is -1.27. The predicted molar refractivity (Wildman–Crippen MR) is 98.3 cm³/mol. The third kappa shape index (κ3) is 3.75. The molecule has 3 rings (SSSR count). The highest BCUT2D eigenvalue weighted by molar-refractivity contribution is 6.31. The molecule has 2 amide bonds. The molecule has 0 bridgehead atoms. The number of rotatable bonds is 5. The largest absolute Gasteiger partial charge is 0.454 e. The van der Waals surface area contributed by atoms with Gasteiger partial charge in [0, 0.05) is 23.3 Å². The summed E-state index contributed by atoms with van der Waals surface area (Å²) >= 11 is 6.09. The van der Waals surface area contributed by atoms with Crippen molar-refractivity contribution in [2.24, 2.45) is 5.41 Å². The summed E-state index contributed by atoms with van der Waals surface area (Å²) in [5.41, 5.74) is 0.0539. The minimum Gasteiger partial charge on any atom is -0.454 e. The highest BCUT2D eigenvalue weighted by Crippen LogP contribution is 2.34. The Kier molecular flexibility index (Phi) is 5.04. The molecule has 1 aliphatic rings. The van der Waals surface area contributed by atoms with E-state index in [1.807, 2.05) is 18.2 Å². The van der Waals surface area contributed by atoms with E-state index in [0.29, 0.717) is 22.2 Å². The van der Waals surface area contributed by atoms with Gasteiger partial charge < -0.3 is 20.1 Å². The Morgan fingerprint density at radius 3 is 2.58 bits per heavy atom. The topological polar surface area (TPSA) is 76.7 Å². The molecule has 0 aliphatic carbocycles. The maximum atomic E-state index is 12.6. The highest BCUT2D eigenvalue weighted by atomic mass is 35.5. The molecule has 0 radical (unpaired) electrons. The monoisotopic (exact) mass is 374 g/mol. The average molecular weight is 375 g/mol. The van der Waals surface area contributed by atoms with Gasteiger partial charge in [0.05, 0.1) is 0 Å². The van der Waals surface area contributed by atoms with Crippen LogP contribution in [0.25, 0.3) is 0 Å². The molecular formula is C19H19ClN2O4. The first kappa shape index (κ1) is 18.1. The Balaban J connectivity index is 1.63. The van der Waals surface area contributed by atoms with Gasteiger partial charge in [-0.15, -0.1) is 0 Å². The molecule has 0 saturated heterocycles. The van der Waals surface area contributed by atoms with Gasteiger partial charge >= 0.3 is 0 Å². The van der Waals surface area contributed by atoms with Crippen LogP contribution in [0.15, 0.2) is 42.5 Å². The quantitative estimate of drug-likeness (QED) is 0.787. The van der Waals surface area contributed by atoms with Crippen LogP contribution in [0.3, 0.4) is 0 Å². The second-order valence-electron chi connectivity index (χ2n) is 6.42. The van der Waals surface area contributed by atoms with Gasteiger partial charge in [0.1, 0.15) is 5.41 Å². The number of hydrogen-bond acceptors (Lipinski definition) is 4. The molecule has 2 aromatic carbocycles. The molecule has 6 nitrogen and oxygen atoms in total. The molecule has 0 atom stereocenters. The molecule has 1 aliphatic heterocycles.